The molecule has 0 spiro atoms. The lowest BCUT2D eigenvalue weighted by Crippen LogP contribution is -2.22. The first-order chi connectivity index (χ1) is 13.8. The van der Waals surface area contributed by atoms with Crippen LogP contribution >= 0.6 is 31.9 Å². The van der Waals surface area contributed by atoms with Gasteiger partial charge in [0, 0.05) is 22.4 Å². The van der Waals surface area contributed by atoms with Crippen LogP contribution in [0.1, 0.15) is 12.2 Å². The summed E-state index contributed by atoms with van der Waals surface area (Å²) < 4.78 is 8.38. The molecule has 1 N–H and O–H groups in total. The average Bonchev–Trinajstić information content (AvgIpc) is 2.70. The van der Waals surface area contributed by atoms with Crippen molar-refractivity contribution in [3.8, 4) is 0 Å². The molecule has 7 nitrogen and oxygen atoms in total. The van der Waals surface area contributed by atoms with Gasteiger partial charge in [-0.05, 0) is 46.3 Å². The standard InChI is InChI=1S/C20H17Br2N3O4/c1-25-16-5-3-2-4-13(16)20(28)24-17(25)8-9-19(27)29-11-18(26)23-15-7-6-12(21)10-14(15)22/h2-7,10H,8-9,11H2,1H3,(H,23,26). The summed E-state index contributed by atoms with van der Waals surface area (Å²) in [5.74, 6) is -0.510. The Morgan fingerprint density at radius 1 is 1.17 bits per heavy atom. The van der Waals surface area contributed by atoms with Crippen LogP contribution in [0.3, 0.4) is 0 Å². The van der Waals surface area contributed by atoms with Crippen molar-refractivity contribution in [2.75, 3.05) is 11.9 Å². The Morgan fingerprint density at radius 2 is 1.93 bits per heavy atom. The second-order valence-corrected chi connectivity index (χ2v) is 8.01. The number of para-hydroxylation sites is 1. The molecule has 3 aromatic rings. The van der Waals surface area contributed by atoms with E-state index in [0.717, 1.165) is 9.99 Å². The third-order valence-corrected chi connectivity index (χ3v) is 5.39. The minimum atomic E-state index is -0.544. The summed E-state index contributed by atoms with van der Waals surface area (Å²) in [7, 11) is 1.79. The smallest absolute Gasteiger partial charge is 0.306 e. The number of esters is 1. The highest BCUT2D eigenvalue weighted by atomic mass is 79.9. The Labute approximate surface area is 183 Å². The number of nitrogens with one attached hydrogen (secondary N) is 1. The predicted molar refractivity (Wildman–Crippen MR) is 117 cm³/mol. The van der Waals surface area contributed by atoms with Gasteiger partial charge >= 0.3 is 5.97 Å². The number of nitrogens with zero attached hydrogens (tertiary/aromatic N) is 2. The molecule has 9 heteroatoms. The molecule has 29 heavy (non-hydrogen) atoms. The van der Waals surface area contributed by atoms with Gasteiger partial charge in [0.2, 0.25) is 0 Å². The maximum Gasteiger partial charge on any atom is 0.306 e. The maximum atomic E-state index is 12.1. The fourth-order valence-electron chi connectivity index (χ4n) is 2.77. The summed E-state index contributed by atoms with van der Waals surface area (Å²) in [6.07, 6.45) is 0.239. The Morgan fingerprint density at radius 3 is 2.69 bits per heavy atom. The Hall–Kier alpha value is -2.52. The van der Waals surface area contributed by atoms with Gasteiger partial charge in [0.15, 0.2) is 6.61 Å². The third kappa shape index (κ3) is 5.30. The van der Waals surface area contributed by atoms with E-state index in [1.54, 1.807) is 41.9 Å². The largest absolute Gasteiger partial charge is 0.456 e. The fraction of sp³-hybridized carbons (Fsp3) is 0.200. The zero-order valence-corrected chi connectivity index (χ0v) is 18.6. The van der Waals surface area contributed by atoms with Crippen molar-refractivity contribution in [2.45, 2.75) is 12.8 Å². The minimum Gasteiger partial charge on any atom is -0.456 e. The van der Waals surface area contributed by atoms with Crippen molar-refractivity contribution in [1.29, 1.82) is 0 Å². The topological polar surface area (TPSA) is 90.3 Å². The number of benzene rings is 2. The number of anilines is 1. The second kappa shape index (κ2) is 9.32. The summed E-state index contributed by atoms with van der Waals surface area (Å²) in [6.45, 7) is -0.397. The number of ether oxygens (including phenoxy) is 1. The van der Waals surface area contributed by atoms with Crippen molar-refractivity contribution in [2.24, 2.45) is 7.05 Å². The number of carbonyl (C=O) groups excluding carboxylic acids is 2. The Bertz CT molecular complexity index is 1140. The molecule has 1 amide bonds. The molecule has 2 aromatic carbocycles. The molecular formula is C20H17Br2N3O4. The zero-order chi connectivity index (χ0) is 21.0. The molecule has 0 fully saturated rings. The number of halogens is 2. The van der Waals surface area contributed by atoms with Crippen LogP contribution in [-0.4, -0.2) is 28.0 Å². The van der Waals surface area contributed by atoms with Crippen molar-refractivity contribution in [3.63, 3.8) is 0 Å². The molecule has 0 aliphatic rings. The SMILES string of the molecule is Cn1c(CCC(=O)OCC(=O)Nc2ccc(Br)cc2Br)nc(=O)c2ccccc21. The first kappa shape index (κ1) is 21.2. The Balaban J connectivity index is 1.55. The van der Waals surface area contributed by atoms with E-state index in [-0.39, 0.29) is 18.4 Å². The summed E-state index contributed by atoms with van der Waals surface area (Å²) in [5, 5.41) is 3.19. The zero-order valence-electron chi connectivity index (χ0n) is 15.4. The van der Waals surface area contributed by atoms with Crippen LogP contribution in [0.25, 0.3) is 10.9 Å². The highest BCUT2D eigenvalue weighted by Gasteiger charge is 2.13. The lowest BCUT2D eigenvalue weighted by atomic mass is 10.2. The monoisotopic (exact) mass is 521 g/mol. The number of rotatable bonds is 6. The van der Waals surface area contributed by atoms with Crippen molar-refractivity contribution >= 4 is 60.3 Å². The second-order valence-electron chi connectivity index (χ2n) is 6.24. The van der Waals surface area contributed by atoms with E-state index >= 15 is 0 Å². The van der Waals surface area contributed by atoms with Crippen molar-refractivity contribution in [1.82, 2.24) is 9.55 Å². The van der Waals surface area contributed by atoms with E-state index in [4.69, 9.17) is 4.74 Å². The minimum absolute atomic E-state index is 0.00782. The first-order valence-electron chi connectivity index (χ1n) is 8.70. The van der Waals surface area contributed by atoms with E-state index < -0.39 is 18.5 Å². The van der Waals surface area contributed by atoms with Gasteiger partial charge in [0.25, 0.3) is 11.5 Å². The third-order valence-electron chi connectivity index (χ3n) is 4.24. The van der Waals surface area contributed by atoms with Crippen molar-refractivity contribution in [3.05, 3.63) is 67.6 Å². The van der Waals surface area contributed by atoms with Gasteiger partial charge in [-0.3, -0.25) is 14.4 Å². The Kier molecular flexibility index (Phi) is 6.81. The molecule has 0 radical (unpaired) electrons. The number of amides is 1. The molecule has 0 aliphatic carbocycles. The summed E-state index contributed by atoms with van der Waals surface area (Å²) >= 11 is 6.68. The van der Waals surface area contributed by atoms with Crippen molar-refractivity contribution < 1.29 is 14.3 Å². The molecule has 0 bridgehead atoms. The van der Waals surface area contributed by atoms with Crippen LogP contribution in [0.4, 0.5) is 5.69 Å². The number of hydrogen-bond acceptors (Lipinski definition) is 5. The van der Waals surface area contributed by atoms with Crippen LogP contribution in [0.5, 0.6) is 0 Å². The van der Waals surface area contributed by atoms with Crippen LogP contribution in [0, 0.1) is 0 Å². The van der Waals surface area contributed by atoms with Gasteiger partial charge in [0.05, 0.1) is 23.0 Å². The van der Waals surface area contributed by atoms with Gasteiger partial charge < -0.3 is 14.6 Å². The number of carbonyl (C=O) groups is 2. The summed E-state index contributed by atoms with van der Waals surface area (Å²) in [6, 6.07) is 12.5. The molecule has 0 saturated carbocycles. The normalized spacial score (nSPS) is 10.7. The van der Waals surface area contributed by atoms with Gasteiger partial charge in [-0.15, -0.1) is 0 Å². The van der Waals surface area contributed by atoms with Gasteiger partial charge in [0.1, 0.15) is 5.82 Å². The molecule has 0 unspecified atom stereocenters. The number of hydrogen-bond donors (Lipinski definition) is 1. The van der Waals surface area contributed by atoms with E-state index in [1.165, 1.54) is 0 Å². The van der Waals surface area contributed by atoms with Gasteiger partial charge in [-0.2, -0.15) is 4.98 Å². The fourth-order valence-corrected chi connectivity index (χ4v) is 3.92. The van der Waals surface area contributed by atoms with E-state index in [2.05, 4.69) is 42.2 Å². The van der Waals surface area contributed by atoms with Crippen LogP contribution in [0.2, 0.25) is 0 Å². The highest BCUT2D eigenvalue weighted by molar-refractivity contribution is 9.11. The quantitative estimate of drug-likeness (QED) is 0.500. The molecule has 0 saturated heterocycles. The average molecular weight is 523 g/mol. The lowest BCUT2D eigenvalue weighted by Gasteiger charge is -2.11. The molecular weight excluding hydrogens is 506 g/mol. The van der Waals surface area contributed by atoms with Crippen LogP contribution in [-0.2, 0) is 27.8 Å². The van der Waals surface area contributed by atoms with E-state index in [0.29, 0.717) is 21.4 Å². The van der Waals surface area contributed by atoms with Crippen LogP contribution in [0.15, 0.2) is 56.2 Å². The molecule has 3 rings (SSSR count). The summed E-state index contributed by atoms with van der Waals surface area (Å²) in [4.78, 5) is 40.2. The molecule has 0 atom stereocenters. The highest BCUT2D eigenvalue weighted by Crippen LogP contribution is 2.26. The lowest BCUT2D eigenvalue weighted by molar-refractivity contribution is -0.147. The van der Waals surface area contributed by atoms with Crippen LogP contribution < -0.4 is 10.9 Å². The molecule has 1 heterocycles. The van der Waals surface area contributed by atoms with E-state index in [9.17, 15) is 14.4 Å². The number of fused-ring (bicyclic) bond motifs is 1. The molecule has 150 valence electrons. The number of aromatic nitrogens is 2. The molecule has 0 aliphatic heterocycles. The molecule has 1 aromatic heterocycles. The number of aryl methyl sites for hydroxylation is 2. The van der Waals surface area contributed by atoms with Gasteiger partial charge in [-0.1, -0.05) is 28.1 Å². The summed E-state index contributed by atoms with van der Waals surface area (Å²) in [5.41, 5.74) is 0.987. The predicted octanol–water partition coefficient (Wildman–Crippen LogP) is 3.57. The van der Waals surface area contributed by atoms with E-state index in [1.807, 2.05) is 12.1 Å². The maximum absolute atomic E-state index is 12.1. The first-order valence-corrected chi connectivity index (χ1v) is 10.3. The van der Waals surface area contributed by atoms with Gasteiger partial charge in [-0.25, -0.2) is 0 Å².